The van der Waals surface area contributed by atoms with Crippen LogP contribution in [0.3, 0.4) is 0 Å². The van der Waals surface area contributed by atoms with Gasteiger partial charge < -0.3 is 4.90 Å². The molecule has 0 amide bonds. The van der Waals surface area contributed by atoms with Crippen molar-refractivity contribution in [2.45, 2.75) is 53.9 Å². The van der Waals surface area contributed by atoms with E-state index >= 15 is 0 Å². The van der Waals surface area contributed by atoms with Crippen LogP contribution in [0.4, 0.5) is 5.69 Å². The lowest BCUT2D eigenvalue weighted by molar-refractivity contribution is -0.519. The van der Waals surface area contributed by atoms with E-state index in [4.69, 9.17) is 0 Å². The summed E-state index contributed by atoms with van der Waals surface area (Å²) in [5.74, 6) is 0. The van der Waals surface area contributed by atoms with Crippen LogP contribution in [0.5, 0.6) is 0 Å². The molecule has 1 aromatic carbocycles. The smallest absolute Gasteiger partial charge is 0.185 e. The van der Waals surface area contributed by atoms with Crippen LogP contribution in [-0.2, 0) is 5.41 Å². The topological polar surface area (TPSA) is 6.25 Å². The van der Waals surface area contributed by atoms with E-state index in [0.29, 0.717) is 0 Å². The first kappa shape index (κ1) is 26.2. The van der Waals surface area contributed by atoms with Gasteiger partial charge in [-0.1, -0.05) is 78.4 Å². The Balaban J connectivity index is 1.87. The Morgan fingerprint density at radius 1 is 1.09 bits per heavy atom. The second-order valence-corrected chi connectivity index (χ2v) is 11.0. The van der Waals surface area contributed by atoms with Gasteiger partial charge in [0.05, 0.1) is 5.41 Å². The van der Waals surface area contributed by atoms with E-state index in [1.165, 1.54) is 28.2 Å². The number of rotatable bonds is 7. The van der Waals surface area contributed by atoms with E-state index in [1.54, 1.807) is 0 Å². The summed E-state index contributed by atoms with van der Waals surface area (Å²) in [5, 5.41) is 0. The van der Waals surface area contributed by atoms with Gasteiger partial charge >= 0.3 is 0 Å². The SMILES string of the molecule is C/C=C\C=C/C1=CC(C)(C)C(/C=C/C(Br)=C/C=C2/N(CC)c3ccccc3C2(C)C)=[N+](CC)C1. The highest BCUT2D eigenvalue weighted by Crippen LogP contribution is 2.47. The average Bonchev–Trinajstić information content (AvgIpc) is 3.02. The van der Waals surface area contributed by atoms with E-state index in [-0.39, 0.29) is 10.8 Å². The van der Waals surface area contributed by atoms with Gasteiger partial charge in [0.25, 0.3) is 0 Å². The maximum absolute atomic E-state index is 3.81. The summed E-state index contributed by atoms with van der Waals surface area (Å²) in [5.41, 5.74) is 6.73. The maximum Gasteiger partial charge on any atom is 0.185 e. The maximum atomic E-state index is 3.81. The predicted molar refractivity (Wildman–Crippen MR) is 153 cm³/mol. The van der Waals surface area contributed by atoms with Gasteiger partial charge in [0, 0.05) is 39.5 Å². The Morgan fingerprint density at radius 3 is 2.50 bits per heavy atom. The molecule has 0 aliphatic carbocycles. The number of anilines is 1. The monoisotopic (exact) mass is 519 g/mol. The van der Waals surface area contributed by atoms with E-state index in [2.05, 4.69) is 146 Å². The summed E-state index contributed by atoms with van der Waals surface area (Å²) in [6.07, 6.45) is 19.8. The number of nitrogens with zero attached hydrogens (tertiary/aromatic N) is 2. The van der Waals surface area contributed by atoms with Crippen LogP contribution in [0.1, 0.15) is 54.0 Å². The van der Waals surface area contributed by atoms with Crippen molar-refractivity contribution in [1.29, 1.82) is 0 Å². The zero-order valence-corrected chi connectivity index (χ0v) is 23.5. The Kier molecular flexibility index (Phi) is 8.41. The average molecular weight is 521 g/mol. The minimum Gasteiger partial charge on any atom is -0.344 e. The van der Waals surface area contributed by atoms with Crippen molar-refractivity contribution in [3.63, 3.8) is 0 Å². The number of allylic oxidation sites excluding steroid dienone is 10. The van der Waals surface area contributed by atoms with Crippen molar-refractivity contribution in [3.8, 4) is 0 Å². The van der Waals surface area contributed by atoms with Gasteiger partial charge in [0.15, 0.2) is 12.3 Å². The number of benzene rings is 1. The summed E-state index contributed by atoms with van der Waals surface area (Å²) in [6, 6.07) is 8.77. The molecule has 0 saturated carbocycles. The largest absolute Gasteiger partial charge is 0.344 e. The van der Waals surface area contributed by atoms with Crippen molar-refractivity contribution in [3.05, 3.63) is 100 Å². The zero-order chi connectivity index (χ0) is 24.9. The number of hydrogen-bond donors (Lipinski definition) is 0. The summed E-state index contributed by atoms with van der Waals surface area (Å²) in [6.45, 7) is 18.6. The molecular formula is C31H40BrN2+. The van der Waals surface area contributed by atoms with Crippen molar-refractivity contribution in [2.24, 2.45) is 5.41 Å². The molecular weight excluding hydrogens is 480 g/mol. The number of likely N-dealkylation sites (N-methyl/N-ethyl adjacent to an activating group) is 2. The van der Waals surface area contributed by atoms with Crippen LogP contribution in [0.2, 0.25) is 0 Å². The zero-order valence-electron chi connectivity index (χ0n) is 21.9. The Bertz CT molecular complexity index is 1120. The Hall–Kier alpha value is -2.39. The fourth-order valence-electron chi connectivity index (χ4n) is 5.14. The Morgan fingerprint density at radius 2 is 1.82 bits per heavy atom. The third-order valence-electron chi connectivity index (χ3n) is 6.83. The number of para-hydroxylation sites is 1. The quantitative estimate of drug-likeness (QED) is 0.260. The first-order chi connectivity index (χ1) is 16.2. The lowest BCUT2D eigenvalue weighted by atomic mass is 9.82. The molecule has 0 unspecified atom stereocenters. The van der Waals surface area contributed by atoms with Gasteiger partial charge in [0.2, 0.25) is 0 Å². The molecule has 0 atom stereocenters. The summed E-state index contributed by atoms with van der Waals surface area (Å²) >= 11 is 3.81. The molecule has 3 heteroatoms. The molecule has 3 rings (SSSR count). The highest BCUT2D eigenvalue weighted by molar-refractivity contribution is 9.11. The lowest BCUT2D eigenvalue weighted by Crippen LogP contribution is -2.36. The molecule has 1 aromatic rings. The summed E-state index contributed by atoms with van der Waals surface area (Å²) < 4.78 is 3.55. The third-order valence-corrected chi connectivity index (χ3v) is 7.36. The molecule has 0 bridgehead atoms. The van der Waals surface area contributed by atoms with Gasteiger partial charge in [-0.3, -0.25) is 0 Å². The molecule has 0 spiro atoms. The van der Waals surface area contributed by atoms with Gasteiger partial charge in [0.1, 0.15) is 6.54 Å². The molecule has 0 aromatic heterocycles. The lowest BCUT2D eigenvalue weighted by Gasteiger charge is -2.26. The van der Waals surface area contributed by atoms with E-state index in [1.807, 2.05) is 6.92 Å². The summed E-state index contributed by atoms with van der Waals surface area (Å²) in [7, 11) is 0. The van der Waals surface area contributed by atoms with Crippen molar-refractivity contribution < 1.29 is 4.58 Å². The van der Waals surface area contributed by atoms with E-state index in [9.17, 15) is 0 Å². The minimum absolute atomic E-state index is 0.0130. The Labute approximate surface area is 215 Å². The fourth-order valence-corrected chi connectivity index (χ4v) is 5.41. The molecule has 0 saturated heterocycles. The molecule has 0 fully saturated rings. The van der Waals surface area contributed by atoms with Crippen LogP contribution < -0.4 is 4.90 Å². The van der Waals surface area contributed by atoms with Crippen LogP contribution in [0.25, 0.3) is 0 Å². The normalized spacial score (nSPS) is 21.4. The van der Waals surface area contributed by atoms with Crippen LogP contribution in [0.15, 0.2) is 94.7 Å². The molecule has 0 radical (unpaired) electrons. The van der Waals surface area contributed by atoms with Crippen molar-refractivity contribution >= 4 is 27.3 Å². The van der Waals surface area contributed by atoms with E-state index in [0.717, 1.165) is 24.1 Å². The standard InChI is InChI=1S/C31H40BrN2/c1-8-11-12-15-24-22-30(4,5)28(33(9-2)23-24)20-18-25(32)19-21-29-31(6,7)26-16-13-14-17-27(26)34(29)10-3/h8,11-22H,9-10,23H2,1-7H3/q+1/b11-8-,15-12-. The molecule has 34 heavy (non-hydrogen) atoms. The molecule has 2 heterocycles. The second-order valence-electron chi connectivity index (χ2n) is 10.0. The number of fused-ring (bicyclic) bond motifs is 1. The van der Waals surface area contributed by atoms with Crippen LogP contribution in [-0.4, -0.2) is 29.9 Å². The van der Waals surface area contributed by atoms with Gasteiger partial charge in [-0.05, 0) is 64.5 Å². The van der Waals surface area contributed by atoms with Gasteiger partial charge in [-0.2, -0.15) is 0 Å². The second kappa shape index (κ2) is 10.9. The minimum atomic E-state index is -0.0276. The summed E-state index contributed by atoms with van der Waals surface area (Å²) in [4.78, 5) is 2.43. The molecule has 2 nitrogen and oxygen atoms in total. The van der Waals surface area contributed by atoms with Gasteiger partial charge in [-0.25, -0.2) is 4.58 Å². The first-order valence-corrected chi connectivity index (χ1v) is 13.2. The van der Waals surface area contributed by atoms with Crippen molar-refractivity contribution in [1.82, 2.24) is 0 Å². The number of hydrogen-bond acceptors (Lipinski definition) is 1. The van der Waals surface area contributed by atoms with Gasteiger partial charge in [-0.15, -0.1) is 0 Å². The van der Waals surface area contributed by atoms with Crippen molar-refractivity contribution in [2.75, 3.05) is 24.5 Å². The molecule has 2 aliphatic heterocycles. The first-order valence-electron chi connectivity index (χ1n) is 12.4. The number of halogens is 1. The van der Waals surface area contributed by atoms with Crippen LogP contribution in [0, 0.1) is 5.41 Å². The molecule has 0 N–H and O–H groups in total. The highest BCUT2D eigenvalue weighted by atomic mass is 79.9. The third kappa shape index (κ3) is 5.46. The molecule has 180 valence electrons. The van der Waals surface area contributed by atoms with E-state index < -0.39 is 0 Å². The molecule has 2 aliphatic rings. The predicted octanol–water partition coefficient (Wildman–Crippen LogP) is 8.09. The fraction of sp³-hybridized carbons (Fsp3) is 0.387. The van der Waals surface area contributed by atoms with Crippen LogP contribution >= 0.6 is 15.9 Å². The highest BCUT2D eigenvalue weighted by Gasteiger charge is 2.38.